The van der Waals surface area contributed by atoms with Gasteiger partial charge in [0.1, 0.15) is 90.5 Å². The maximum absolute atomic E-state index is 13.4. The number of nitrogens with zero attached hydrogens (tertiary/aromatic N) is 2. The third-order valence-corrected chi connectivity index (χ3v) is 16.4. The lowest BCUT2D eigenvalue weighted by Crippen LogP contribution is -2.60. The molecule has 3 saturated heterocycles. The third-order valence-electron chi connectivity index (χ3n) is 16.4. The van der Waals surface area contributed by atoms with Crippen LogP contribution in [0, 0.1) is 0 Å². The summed E-state index contributed by atoms with van der Waals surface area (Å²) in [6.07, 6.45) is -15.4. The Morgan fingerprint density at radius 3 is 1.09 bits per heavy atom. The molecular formula is C65H66N6O19. The number of benzene rings is 4. The second-order valence-electron chi connectivity index (χ2n) is 22.3. The van der Waals surface area contributed by atoms with Crippen LogP contribution in [0.2, 0.25) is 0 Å². The van der Waals surface area contributed by atoms with Crippen LogP contribution in [0.15, 0.2) is 121 Å². The Morgan fingerprint density at radius 1 is 0.456 bits per heavy atom. The van der Waals surface area contributed by atoms with Gasteiger partial charge in [-0.2, -0.15) is 0 Å². The maximum atomic E-state index is 13.4. The fourth-order valence-electron chi connectivity index (χ4n) is 11.5. The molecule has 7 aromatic rings. The molecule has 0 radical (unpaired) electrons. The molecule has 5 aliphatic heterocycles. The quantitative estimate of drug-likeness (QED) is 0.0699. The highest BCUT2D eigenvalue weighted by atomic mass is 16.7. The number of aromatic nitrogens is 4. The van der Waals surface area contributed by atoms with E-state index in [4.69, 9.17) is 44.1 Å². The van der Waals surface area contributed by atoms with E-state index in [9.17, 15) is 66.1 Å². The van der Waals surface area contributed by atoms with E-state index in [0.29, 0.717) is 95.0 Å². The minimum absolute atomic E-state index is 0.208. The van der Waals surface area contributed by atoms with Crippen molar-refractivity contribution in [3.63, 3.8) is 0 Å². The number of nitrogens with one attached hydrogen (secondary N) is 3. The van der Waals surface area contributed by atoms with Gasteiger partial charge in [-0.15, -0.1) is 0 Å². The smallest absolute Gasteiger partial charge is 0.241 e. The number of anilines is 1. The molecular weight excluding hydrogens is 1170 g/mol. The number of hydrogen-bond acceptors (Lipinski definition) is 22. The molecule has 16 atom stereocenters. The Kier molecular flexibility index (Phi) is 17.8. The van der Waals surface area contributed by atoms with Gasteiger partial charge in [-0.25, -0.2) is 9.97 Å². The number of carbonyl (C=O) groups excluding carboxylic acids is 1. The molecule has 1 amide bonds. The lowest BCUT2D eigenvalue weighted by atomic mass is 9.99. The van der Waals surface area contributed by atoms with E-state index in [1.807, 2.05) is 60.7 Å². The molecule has 0 unspecified atom stereocenters. The highest BCUT2D eigenvalue weighted by Crippen LogP contribution is 2.42. The zero-order valence-electron chi connectivity index (χ0n) is 47.9. The lowest BCUT2D eigenvalue weighted by molar-refractivity contribution is -0.277. The lowest BCUT2D eigenvalue weighted by Gasteiger charge is -2.39. The summed E-state index contributed by atoms with van der Waals surface area (Å²) in [6, 6.07) is 34.2. The summed E-state index contributed by atoms with van der Waals surface area (Å²) in [5.41, 5.74) is 15.5. The Balaban J connectivity index is 1.06. The van der Waals surface area contributed by atoms with Crippen LogP contribution >= 0.6 is 0 Å². The number of aliphatic hydroxyl groups excluding tert-OH is 12. The molecule has 90 heavy (non-hydrogen) atoms. The number of para-hydroxylation sites is 1. The minimum atomic E-state index is -1.67. The van der Waals surface area contributed by atoms with Crippen LogP contribution in [-0.2, 0) is 19.0 Å². The second-order valence-corrected chi connectivity index (χ2v) is 22.3. The van der Waals surface area contributed by atoms with Crippen molar-refractivity contribution in [2.45, 2.75) is 105 Å². The van der Waals surface area contributed by atoms with Crippen LogP contribution in [0.4, 0.5) is 5.69 Å². The van der Waals surface area contributed by atoms with Gasteiger partial charge in [0.25, 0.3) is 0 Å². The highest BCUT2D eigenvalue weighted by Gasteiger charge is 2.47. The van der Waals surface area contributed by atoms with Gasteiger partial charge in [0.2, 0.25) is 24.8 Å². The van der Waals surface area contributed by atoms with Crippen LogP contribution < -0.4 is 25.3 Å². The fourth-order valence-corrected chi connectivity index (χ4v) is 11.5. The Hall–Kier alpha value is -8.29. The highest BCUT2D eigenvalue weighted by molar-refractivity contribution is 6.04. The van der Waals surface area contributed by atoms with Gasteiger partial charge in [-0.3, -0.25) is 4.79 Å². The molecule has 0 aliphatic carbocycles. The van der Waals surface area contributed by atoms with E-state index in [1.54, 1.807) is 91.9 Å². The average molecular weight is 1240 g/mol. The number of nitrogens with two attached hydrogens (primary N) is 1. The number of H-pyrrole nitrogens is 2. The van der Waals surface area contributed by atoms with E-state index >= 15 is 0 Å². The van der Waals surface area contributed by atoms with Crippen LogP contribution in [0.3, 0.4) is 0 Å². The molecule has 12 rings (SSSR count). The van der Waals surface area contributed by atoms with Crippen molar-refractivity contribution in [1.29, 1.82) is 0 Å². The van der Waals surface area contributed by atoms with Crippen LogP contribution in [-0.4, -0.2) is 205 Å². The van der Waals surface area contributed by atoms with E-state index in [-0.39, 0.29) is 17.2 Å². The Morgan fingerprint density at radius 2 is 0.767 bits per heavy atom. The van der Waals surface area contributed by atoms with Gasteiger partial charge in [0, 0.05) is 55.6 Å². The zero-order valence-corrected chi connectivity index (χ0v) is 47.9. The van der Waals surface area contributed by atoms with Crippen molar-refractivity contribution in [2.75, 3.05) is 25.1 Å². The second kappa shape index (κ2) is 25.9. The normalized spacial score (nSPS) is 27.7. The van der Waals surface area contributed by atoms with Gasteiger partial charge < -0.3 is 111 Å². The fraction of sp³-hybridized carbons (Fsp3) is 0.308. The zero-order chi connectivity index (χ0) is 63.2. The monoisotopic (exact) mass is 1230 g/mol. The molecule has 0 spiro atoms. The van der Waals surface area contributed by atoms with E-state index < -0.39 is 124 Å². The molecule has 4 aromatic carbocycles. The van der Waals surface area contributed by atoms with Gasteiger partial charge in [0.05, 0.1) is 48.6 Å². The number of aliphatic hydroxyl groups is 12. The number of hydrogen-bond donors (Lipinski definition) is 16. The van der Waals surface area contributed by atoms with Crippen LogP contribution in [0.1, 0.15) is 29.7 Å². The van der Waals surface area contributed by atoms with Gasteiger partial charge >= 0.3 is 0 Å². The number of carbonyl (C=O) groups is 1. The molecule has 3 aromatic heterocycles. The summed E-state index contributed by atoms with van der Waals surface area (Å²) in [4.78, 5) is 31.4. The van der Waals surface area contributed by atoms with Crippen molar-refractivity contribution in [3.8, 4) is 61.8 Å². The standard InChI is InChI=1S/C65H66N6O19/c1-29(66)62(84)71-37-5-3-2-4-36(37)52-44-24-22-42(69-44)50(31-8-14-34(15-9-31)86-64-60(82)57(79)54(76)47(27-73)89-64)40-20-18-38(67-40)49(30-6-12-33(13-7-30)85-63-59(81)56(78)53(75)46(26-72)88-63)39-19-21-41(68-39)51(43-23-25-45(52)70-43)32-10-16-35(17-11-32)87-65-61(83)58(80)55(77)48(28-74)90-65/h2-25,29,46-48,53-61,63-65,67,70,72-83H,26-28,66H2,1H3,(H,71,84)/t29-,46+,47+,48+,53+,54+,55+,56-,57-,58-,59+,60+,61+,63+,64+,65+/m0/s1. The number of fused-ring (bicyclic) bond motifs is 8. The van der Waals surface area contributed by atoms with Crippen LogP contribution in [0.5, 0.6) is 17.2 Å². The average Bonchev–Trinajstić information content (AvgIpc) is 1.64. The van der Waals surface area contributed by atoms with Gasteiger partial charge in [-0.05, 0) is 115 Å². The molecule has 470 valence electrons. The Bertz CT molecular complexity index is 3910. The van der Waals surface area contributed by atoms with E-state index in [1.165, 1.54) is 0 Å². The summed E-state index contributed by atoms with van der Waals surface area (Å²) in [5, 5.41) is 128. The molecule has 3 fully saturated rings. The molecule has 25 heteroatoms. The molecule has 8 bridgehead atoms. The summed E-state index contributed by atoms with van der Waals surface area (Å²) in [6.45, 7) is -0.369. The first-order valence-corrected chi connectivity index (χ1v) is 29.0. The molecule has 5 aliphatic rings. The van der Waals surface area contributed by atoms with Crippen molar-refractivity contribution < 1.29 is 94.5 Å². The van der Waals surface area contributed by atoms with Crippen molar-refractivity contribution >= 4 is 58.0 Å². The first kappa shape index (κ1) is 61.9. The molecule has 8 heterocycles. The number of amides is 1. The predicted molar refractivity (Wildman–Crippen MR) is 326 cm³/mol. The first-order valence-electron chi connectivity index (χ1n) is 29.0. The molecule has 25 nitrogen and oxygen atoms in total. The summed E-state index contributed by atoms with van der Waals surface area (Å²) >= 11 is 0. The van der Waals surface area contributed by atoms with E-state index in [2.05, 4.69) is 15.3 Å². The molecule has 17 N–H and O–H groups in total. The maximum Gasteiger partial charge on any atom is 0.241 e. The predicted octanol–water partition coefficient (Wildman–Crippen LogP) is 2.15. The van der Waals surface area contributed by atoms with Crippen molar-refractivity contribution in [2.24, 2.45) is 5.73 Å². The van der Waals surface area contributed by atoms with Crippen molar-refractivity contribution in [1.82, 2.24) is 19.9 Å². The van der Waals surface area contributed by atoms with E-state index in [0.717, 1.165) is 0 Å². The summed E-state index contributed by atoms with van der Waals surface area (Å²) in [7, 11) is 0. The minimum Gasteiger partial charge on any atom is -0.462 e. The SMILES string of the molecule is C[C@H](N)C(=O)Nc1ccccc1-c1c2nc(c(-c3ccc(O[C@@H]4O[C@H](CO)[C@@H](O)[C@H](O)[C@H]4O)cc3)c3ccc([nH]3)c(-c3ccc(O[C@@H]4O[C@H](CO)[C@@H](O)[C@H](O)[C@H]4O)cc3)c3nc(c(-c4ccc(O[C@@H]5O[C@H](CO)[C@@H](O)[C@H](O)[C@H]5O)cc4)c4ccc1[nH]4)C=C3)C=C2. The first-order chi connectivity index (χ1) is 43.4. The number of ether oxygens (including phenoxy) is 6. The number of rotatable bonds is 15. The summed E-state index contributed by atoms with van der Waals surface area (Å²) in [5.74, 6) is 0.202. The summed E-state index contributed by atoms with van der Waals surface area (Å²) < 4.78 is 34.9. The van der Waals surface area contributed by atoms with Gasteiger partial charge in [0.15, 0.2) is 0 Å². The topological polar surface area (TPSA) is 411 Å². The van der Waals surface area contributed by atoms with Crippen molar-refractivity contribution in [3.05, 3.63) is 144 Å². The third kappa shape index (κ3) is 12.0. The largest absolute Gasteiger partial charge is 0.462 e. The number of aromatic amines is 2. The van der Waals surface area contributed by atoms with Crippen LogP contribution in [0.25, 0.3) is 90.9 Å². The van der Waals surface area contributed by atoms with Gasteiger partial charge in [-0.1, -0.05) is 54.6 Å². The molecule has 0 saturated carbocycles. The Labute approximate surface area is 512 Å².